The van der Waals surface area contributed by atoms with Crippen LogP contribution >= 0.6 is 0 Å². The van der Waals surface area contributed by atoms with E-state index in [1.165, 1.54) is 0 Å². The zero-order chi connectivity index (χ0) is 33.4. The van der Waals surface area contributed by atoms with Crippen molar-refractivity contribution >= 4 is 32.4 Å². The predicted octanol–water partition coefficient (Wildman–Crippen LogP) is 7.62. The second-order valence-corrected chi connectivity index (χ2v) is 11.3. The first kappa shape index (κ1) is 35.8. The first-order chi connectivity index (χ1) is 19.3. The fourth-order valence-electron chi connectivity index (χ4n) is 3.65. The van der Waals surface area contributed by atoms with E-state index < -0.39 is 82.8 Å². The molecule has 2 aromatic rings. The van der Waals surface area contributed by atoms with Crippen LogP contribution in [0, 0.1) is 0 Å². The second kappa shape index (κ2) is 11.6. The molecule has 2 rings (SSSR count). The van der Waals surface area contributed by atoms with E-state index in [2.05, 4.69) is 8.37 Å². The highest BCUT2D eigenvalue weighted by molar-refractivity contribution is 7.88. The molecule has 0 bridgehead atoms. The summed E-state index contributed by atoms with van der Waals surface area (Å²) in [4.78, 5) is 0. The summed E-state index contributed by atoms with van der Waals surface area (Å²) in [6, 6.07) is 0.305. The van der Waals surface area contributed by atoms with Crippen molar-refractivity contribution in [3.05, 3.63) is 70.8 Å². The number of alkyl halides is 12. The Morgan fingerprint density at radius 1 is 0.558 bits per heavy atom. The Morgan fingerprint density at radius 3 is 1.09 bits per heavy atom. The highest BCUT2D eigenvalue weighted by Gasteiger charge is 2.72. The number of halogens is 12. The predicted molar refractivity (Wildman–Crippen MR) is 126 cm³/mol. The summed E-state index contributed by atoms with van der Waals surface area (Å²) in [6.45, 7) is 2.26. The van der Waals surface area contributed by atoms with Crippen molar-refractivity contribution in [3.8, 4) is 11.5 Å². The fraction of sp³-hybridized carbons (Fsp3) is 0.304. The lowest BCUT2D eigenvalue weighted by atomic mass is 9.72. The number of allylic oxidation sites excluding steroid dienone is 2. The van der Waals surface area contributed by atoms with Gasteiger partial charge in [-0.05, 0) is 49.2 Å². The van der Waals surface area contributed by atoms with Crippen molar-refractivity contribution in [3.63, 3.8) is 0 Å². The zero-order valence-electron chi connectivity index (χ0n) is 21.1. The maximum absolute atomic E-state index is 14.6. The molecule has 0 aliphatic carbocycles. The average molecular weight is 680 g/mol. The van der Waals surface area contributed by atoms with Crippen LogP contribution in [0.3, 0.4) is 0 Å². The van der Waals surface area contributed by atoms with E-state index >= 15 is 0 Å². The molecule has 0 radical (unpaired) electrons. The van der Waals surface area contributed by atoms with Gasteiger partial charge in [0, 0.05) is 11.1 Å². The van der Waals surface area contributed by atoms with Gasteiger partial charge in [0.15, 0.2) is 0 Å². The molecule has 0 amide bonds. The topological polar surface area (TPSA) is 86.7 Å². The third-order valence-electron chi connectivity index (χ3n) is 5.39. The third kappa shape index (κ3) is 6.89. The lowest BCUT2D eigenvalue weighted by molar-refractivity contribution is -0.288. The van der Waals surface area contributed by atoms with E-state index in [4.69, 9.17) is 0 Å². The minimum Gasteiger partial charge on any atom is -0.375 e. The largest absolute Gasteiger partial charge is 0.534 e. The van der Waals surface area contributed by atoms with Crippen molar-refractivity contribution in [2.24, 2.45) is 0 Å². The molecule has 0 spiro atoms. The van der Waals surface area contributed by atoms with Crippen molar-refractivity contribution in [2.75, 3.05) is 0 Å². The highest BCUT2D eigenvalue weighted by Crippen LogP contribution is 2.57. The smallest absolute Gasteiger partial charge is 0.375 e. The Labute approximate surface area is 235 Å². The van der Waals surface area contributed by atoms with Crippen LogP contribution in [-0.4, -0.2) is 40.2 Å². The maximum atomic E-state index is 14.6. The standard InChI is InChI=1S/C23H16F12O6S2/c1-3-5-13-11-15(7-9-17(13)40-42(36,37)22(30,31)32)19(20(24,25)26,21(27,28)29)16-8-10-18(14(12-16)6-4-2)41-43(38,39)23(33,34)35/h3-12H,1-2H3. The summed E-state index contributed by atoms with van der Waals surface area (Å²) in [5.74, 6) is -2.60. The average Bonchev–Trinajstić information content (AvgIpc) is 2.79. The summed E-state index contributed by atoms with van der Waals surface area (Å²) in [5.41, 5.74) is -22.5. The normalized spacial score (nSPS) is 14.5. The Kier molecular flexibility index (Phi) is 9.64. The molecule has 240 valence electrons. The number of hydrogen-bond acceptors (Lipinski definition) is 6. The number of benzene rings is 2. The molecule has 0 aliphatic heterocycles. The minimum atomic E-state index is -6.42. The van der Waals surface area contributed by atoms with Gasteiger partial charge < -0.3 is 8.37 Å². The van der Waals surface area contributed by atoms with Gasteiger partial charge in [-0.3, -0.25) is 0 Å². The van der Waals surface area contributed by atoms with E-state index in [-0.39, 0.29) is 36.4 Å². The van der Waals surface area contributed by atoms with Crippen molar-refractivity contribution in [2.45, 2.75) is 42.6 Å². The third-order valence-corrected chi connectivity index (χ3v) is 7.33. The first-order valence-corrected chi connectivity index (χ1v) is 13.8. The summed E-state index contributed by atoms with van der Waals surface area (Å²) < 4.78 is 218. The van der Waals surface area contributed by atoms with E-state index in [9.17, 15) is 69.5 Å². The van der Waals surface area contributed by atoms with Gasteiger partial charge in [-0.15, -0.1) is 0 Å². The molecular formula is C23H16F12O6S2. The van der Waals surface area contributed by atoms with Gasteiger partial charge in [0.1, 0.15) is 11.5 Å². The van der Waals surface area contributed by atoms with Gasteiger partial charge in [-0.25, -0.2) is 0 Å². The molecule has 0 aliphatic rings. The molecule has 0 aromatic heterocycles. The summed E-state index contributed by atoms with van der Waals surface area (Å²) in [5, 5.41) is 0. The van der Waals surface area contributed by atoms with Crippen LogP contribution in [0.5, 0.6) is 11.5 Å². The van der Waals surface area contributed by atoms with Gasteiger partial charge in [-0.1, -0.05) is 36.4 Å². The molecule has 0 atom stereocenters. The van der Waals surface area contributed by atoms with Crippen molar-refractivity contribution in [1.82, 2.24) is 0 Å². The van der Waals surface area contributed by atoms with Crippen LogP contribution in [0.2, 0.25) is 0 Å². The van der Waals surface area contributed by atoms with E-state index in [1.54, 1.807) is 0 Å². The van der Waals surface area contributed by atoms with E-state index in [0.29, 0.717) is 12.2 Å². The molecule has 0 saturated carbocycles. The van der Waals surface area contributed by atoms with Crippen LogP contribution in [0.15, 0.2) is 48.6 Å². The zero-order valence-corrected chi connectivity index (χ0v) is 22.7. The van der Waals surface area contributed by atoms with Gasteiger partial charge in [0.25, 0.3) is 0 Å². The van der Waals surface area contributed by atoms with Crippen molar-refractivity contribution in [1.29, 1.82) is 0 Å². The van der Waals surface area contributed by atoms with Crippen molar-refractivity contribution < 1.29 is 77.9 Å². The second-order valence-electron chi connectivity index (χ2n) is 8.22. The molecule has 0 heterocycles. The van der Waals surface area contributed by atoms with Crippen LogP contribution < -0.4 is 8.37 Å². The molecular weight excluding hydrogens is 664 g/mol. The van der Waals surface area contributed by atoms with Crippen LogP contribution in [0.1, 0.15) is 36.1 Å². The van der Waals surface area contributed by atoms with Gasteiger partial charge in [0.2, 0.25) is 5.41 Å². The van der Waals surface area contributed by atoms with Gasteiger partial charge in [-0.2, -0.15) is 69.5 Å². The summed E-state index contributed by atoms with van der Waals surface area (Å²) >= 11 is 0. The molecule has 0 unspecified atom stereocenters. The van der Waals surface area contributed by atoms with Gasteiger partial charge >= 0.3 is 43.6 Å². The summed E-state index contributed by atoms with van der Waals surface area (Å²) in [7, 11) is -12.8. The molecule has 20 heteroatoms. The lowest BCUT2D eigenvalue weighted by Gasteiger charge is -2.38. The van der Waals surface area contributed by atoms with Crippen LogP contribution in [-0.2, 0) is 25.7 Å². The summed E-state index contributed by atoms with van der Waals surface area (Å²) in [6.07, 6.45) is -9.55. The fourth-order valence-corrected chi connectivity index (χ4v) is 4.61. The van der Waals surface area contributed by atoms with Crippen LogP contribution in [0.25, 0.3) is 12.2 Å². The Hall–Kier alpha value is -3.42. The first-order valence-electron chi connectivity index (χ1n) is 11.0. The SMILES string of the molecule is CC=Cc1cc(C(c2ccc(OS(=O)(=O)C(F)(F)F)c(C=CC)c2)(C(F)(F)F)C(F)(F)F)ccc1OS(=O)(=O)C(F)(F)F. The number of rotatable bonds is 8. The Morgan fingerprint density at radius 2 is 0.860 bits per heavy atom. The quantitative estimate of drug-likeness (QED) is 0.162. The van der Waals surface area contributed by atoms with Crippen LogP contribution in [0.4, 0.5) is 52.7 Å². The Balaban J connectivity index is 3.00. The Bertz CT molecular complexity index is 1490. The lowest BCUT2D eigenvalue weighted by Crippen LogP contribution is -2.54. The molecule has 0 N–H and O–H groups in total. The number of hydrogen-bond donors (Lipinski definition) is 0. The monoisotopic (exact) mass is 680 g/mol. The van der Waals surface area contributed by atoms with Gasteiger partial charge in [0.05, 0.1) is 0 Å². The van der Waals surface area contributed by atoms with E-state index in [1.807, 2.05) is 0 Å². The molecule has 2 aromatic carbocycles. The minimum absolute atomic E-state index is 0.0108. The highest BCUT2D eigenvalue weighted by atomic mass is 32.2. The molecule has 0 fully saturated rings. The maximum Gasteiger partial charge on any atom is 0.534 e. The molecule has 43 heavy (non-hydrogen) atoms. The molecule has 0 saturated heterocycles. The molecule has 6 nitrogen and oxygen atoms in total. The van der Waals surface area contributed by atoms with E-state index in [0.717, 1.165) is 26.0 Å².